The van der Waals surface area contributed by atoms with Crippen LogP contribution in [0.5, 0.6) is 0 Å². The van der Waals surface area contributed by atoms with Gasteiger partial charge in [-0.2, -0.15) is 0 Å². The monoisotopic (exact) mass is 609 g/mol. The largest absolute Gasteiger partial charge is 0.352 e. The van der Waals surface area contributed by atoms with Crippen LogP contribution in [-0.4, -0.2) is 50.0 Å². The maximum Gasteiger partial charge on any atom is 0.244 e. The maximum atomic E-state index is 14.0. The molecule has 39 heavy (non-hydrogen) atoms. The zero-order chi connectivity index (χ0) is 28.7. The van der Waals surface area contributed by atoms with E-state index in [4.69, 9.17) is 34.8 Å². The van der Waals surface area contributed by atoms with Crippen molar-refractivity contribution in [1.29, 1.82) is 0 Å². The summed E-state index contributed by atoms with van der Waals surface area (Å²) in [6.07, 6.45) is 1.20. The summed E-state index contributed by atoms with van der Waals surface area (Å²) in [5.41, 5.74) is 1.63. The molecule has 0 fully saturated rings. The van der Waals surface area contributed by atoms with Gasteiger partial charge in [0, 0.05) is 29.1 Å². The Hall–Kier alpha value is -2.78. The molecular formula is C28H30Cl3N3O4S. The Morgan fingerprint density at radius 1 is 0.872 bits per heavy atom. The number of nitrogens with zero attached hydrogens (tertiary/aromatic N) is 2. The van der Waals surface area contributed by atoms with Crippen LogP contribution >= 0.6 is 34.8 Å². The fourth-order valence-corrected chi connectivity index (χ4v) is 5.41. The molecule has 0 heterocycles. The van der Waals surface area contributed by atoms with Crippen molar-refractivity contribution in [3.8, 4) is 0 Å². The number of anilines is 1. The van der Waals surface area contributed by atoms with Crippen molar-refractivity contribution in [2.24, 2.45) is 0 Å². The molecule has 0 unspecified atom stereocenters. The molecule has 1 N–H and O–H groups in total. The van der Waals surface area contributed by atoms with Crippen LogP contribution < -0.4 is 9.62 Å². The molecule has 0 bridgehead atoms. The highest BCUT2D eigenvalue weighted by atomic mass is 35.5. The second kappa shape index (κ2) is 13.5. The molecule has 0 aliphatic heterocycles. The molecule has 1 atom stereocenters. The number of hydrogen-bond donors (Lipinski definition) is 1. The molecule has 0 aliphatic rings. The molecule has 0 saturated carbocycles. The van der Waals surface area contributed by atoms with Gasteiger partial charge in [0.1, 0.15) is 12.6 Å². The van der Waals surface area contributed by atoms with E-state index in [2.05, 4.69) is 5.32 Å². The number of benzene rings is 3. The molecule has 7 nitrogen and oxygen atoms in total. The standard InChI is InChI=1S/C28H30Cl3N3O4S/c1-19(2)32-28(36)26(15-20-7-5-4-6-8-20)33(17-21-9-11-22(29)12-10-21)27(35)18-34(39(3,37)38)25-16-23(30)13-14-24(25)31/h4-14,16,19,26H,15,17-18H2,1-3H3,(H,32,36)/t26-/m1/s1. The highest BCUT2D eigenvalue weighted by Crippen LogP contribution is 2.31. The van der Waals surface area contributed by atoms with Gasteiger partial charge in [0.2, 0.25) is 21.8 Å². The third-order valence-electron chi connectivity index (χ3n) is 5.82. The third-order valence-corrected chi connectivity index (χ3v) is 7.76. The molecule has 0 aromatic heterocycles. The molecular weight excluding hydrogens is 581 g/mol. The summed E-state index contributed by atoms with van der Waals surface area (Å²) in [6, 6.07) is 19.4. The van der Waals surface area contributed by atoms with Gasteiger partial charge in [-0.3, -0.25) is 13.9 Å². The van der Waals surface area contributed by atoms with Crippen LogP contribution in [0.1, 0.15) is 25.0 Å². The summed E-state index contributed by atoms with van der Waals surface area (Å²) < 4.78 is 26.6. The molecule has 0 radical (unpaired) electrons. The Morgan fingerprint density at radius 2 is 1.49 bits per heavy atom. The second-order valence-corrected chi connectivity index (χ2v) is 12.6. The zero-order valence-electron chi connectivity index (χ0n) is 21.8. The Kier molecular flexibility index (Phi) is 10.7. The average Bonchev–Trinajstić information content (AvgIpc) is 2.86. The summed E-state index contributed by atoms with van der Waals surface area (Å²) in [5.74, 6) is -0.950. The van der Waals surface area contributed by atoms with Crippen LogP contribution in [0.25, 0.3) is 0 Å². The Labute approximate surface area is 244 Å². The minimum atomic E-state index is -3.96. The molecule has 3 aromatic carbocycles. The fraction of sp³-hybridized carbons (Fsp3) is 0.286. The topological polar surface area (TPSA) is 86.8 Å². The van der Waals surface area contributed by atoms with Crippen LogP contribution in [0.3, 0.4) is 0 Å². The van der Waals surface area contributed by atoms with E-state index in [9.17, 15) is 18.0 Å². The van der Waals surface area contributed by atoms with Crippen molar-refractivity contribution in [1.82, 2.24) is 10.2 Å². The van der Waals surface area contributed by atoms with E-state index < -0.39 is 28.5 Å². The number of sulfonamides is 1. The lowest BCUT2D eigenvalue weighted by molar-refractivity contribution is -0.140. The Bertz CT molecular complexity index is 1400. The molecule has 208 valence electrons. The summed E-state index contributed by atoms with van der Waals surface area (Å²) >= 11 is 18.5. The summed E-state index contributed by atoms with van der Waals surface area (Å²) in [5, 5.41) is 3.79. The van der Waals surface area contributed by atoms with Crippen molar-refractivity contribution in [3.63, 3.8) is 0 Å². The highest BCUT2D eigenvalue weighted by molar-refractivity contribution is 7.92. The van der Waals surface area contributed by atoms with Crippen LogP contribution in [0, 0.1) is 0 Å². The lowest BCUT2D eigenvalue weighted by Gasteiger charge is -2.34. The van der Waals surface area contributed by atoms with Gasteiger partial charge in [-0.05, 0) is 55.3 Å². The van der Waals surface area contributed by atoms with Gasteiger partial charge < -0.3 is 10.2 Å². The van der Waals surface area contributed by atoms with Gasteiger partial charge in [0.15, 0.2) is 0 Å². The van der Waals surface area contributed by atoms with Crippen molar-refractivity contribution < 1.29 is 18.0 Å². The minimum absolute atomic E-state index is 0.0416. The quantitative estimate of drug-likeness (QED) is 0.307. The average molecular weight is 611 g/mol. The third kappa shape index (κ3) is 8.86. The summed E-state index contributed by atoms with van der Waals surface area (Å²) in [7, 11) is -3.96. The maximum absolute atomic E-state index is 14.0. The van der Waals surface area contributed by atoms with Crippen LogP contribution in [-0.2, 0) is 32.6 Å². The smallest absolute Gasteiger partial charge is 0.244 e. The Balaban J connectivity index is 2.07. The second-order valence-electron chi connectivity index (χ2n) is 9.38. The van der Waals surface area contributed by atoms with Gasteiger partial charge in [-0.15, -0.1) is 0 Å². The first-order valence-corrected chi connectivity index (χ1v) is 15.1. The van der Waals surface area contributed by atoms with Crippen LogP contribution in [0.15, 0.2) is 72.8 Å². The number of rotatable bonds is 11. The van der Waals surface area contributed by atoms with Crippen molar-refractivity contribution in [2.45, 2.75) is 38.9 Å². The molecule has 0 spiro atoms. The number of nitrogens with one attached hydrogen (secondary N) is 1. The van der Waals surface area contributed by atoms with E-state index in [1.807, 2.05) is 44.2 Å². The van der Waals surface area contributed by atoms with Gasteiger partial charge >= 0.3 is 0 Å². The molecule has 0 saturated heterocycles. The SMILES string of the molecule is CC(C)NC(=O)[C@@H](Cc1ccccc1)N(Cc1ccc(Cl)cc1)C(=O)CN(c1cc(Cl)ccc1Cl)S(C)(=O)=O. The first-order valence-electron chi connectivity index (χ1n) is 12.2. The molecule has 11 heteroatoms. The molecule has 3 rings (SSSR count). The molecule has 0 aliphatic carbocycles. The van der Waals surface area contributed by atoms with Gasteiger partial charge in [-0.25, -0.2) is 8.42 Å². The number of halogens is 3. The summed E-state index contributed by atoms with van der Waals surface area (Å²) in [4.78, 5) is 28.9. The lowest BCUT2D eigenvalue weighted by Crippen LogP contribution is -2.54. The number of amides is 2. The van der Waals surface area contributed by atoms with Gasteiger partial charge in [-0.1, -0.05) is 77.3 Å². The van der Waals surface area contributed by atoms with E-state index >= 15 is 0 Å². The summed E-state index contributed by atoms with van der Waals surface area (Å²) in [6.45, 7) is 3.11. The number of carbonyl (C=O) groups is 2. The van der Waals surface area contributed by atoms with Crippen molar-refractivity contribution >= 4 is 62.3 Å². The number of carbonyl (C=O) groups excluding carboxylic acids is 2. The minimum Gasteiger partial charge on any atom is -0.352 e. The molecule has 3 aromatic rings. The number of hydrogen-bond acceptors (Lipinski definition) is 4. The van der Waals surface area contributed by atoms with E-state index in [1.54, 1.807) is 24.3 Å². The fourth-order valence-electron chi connectivity index (χ4n) is 3.99. The predicted molar refractivity (Wildman–Crippen MR) is 158 cm³/mol. The first kappa shape index (κ1) is 30.8. The van der Waals surface area contributed by atoms with Crippen LogP contribution in [0.2, 0.25) is 15.1 Å². The first-order chi connectivity index (χ1) is 18.3. The van der Waals surface area contributed by atoms with E-state index in [-0.39, 0.29) is 40.6 Å². The van der Waals surface area contributed by atoms with E-state index in [0.29, 0.717) is 5.02 Å². The lowest BCUT2D eigenvalue weighted by atomic mass is 10.0. The zero-order valence-corrected chi connectivity index (χ0v) is 24.9. The van der Waals surface area contributed by atoms with Crippen molar-refractivity contribution in [3.05, 3.63) is 99.0 Å². The van der Waals surface area contributed by atoms with Gasteiger partial charge in [0.25, 0.3) is 0 Å². The van der Waals surface area contributed by atoms with E-state index in [1.165, 1.54) is 23.1 Å². The van der Waals surface area contributed by atoms with Gasteiger partial charge in [0.05, 0.1) is 17.0 Å². The normalized spacial score (nSPS) is 12.2. The predicted octanol–water partition coefficient (Wildman–Crippen LogP) is 5.58. The molecule has 2 amide bonds. The highest BCUT2D eigenvalue weighted by Gasteiger charge is 2.33. The van der Waals surface area contributed by atoms with Crippen molar-refractivity contribution in [2.75, 3.05) is 17.1 Å². The Morgan fingerprint density at radius 3 is 2.08 bits per heavy atom. The van der Waals surface area contributed by atoms with Crippen LogP contribution in [0.4, 0.5) is 5.69 Å². The van der Waals surface area contributed by atoms with E-state index in [0.717, 1.165) is 21.7 Å².